The minimum absolute atomic E-state index is 0.0372. The minimum Gasteiger partial charge on any atom is -0.368 e. The number of primary amides is 1. The Kier molecular flexibility index (Phi) is 5.76. The third kappa shape index (κ3) is 4.05. The Balaban J connectivity index is 1.95. The third-order valence-corrected chi connectivity index (χ3v) is 5.59. The van der Waals surface area contributed by atoms with Gasteiger partial charge in [-0.15, -0.1) is 0 Å². The largest absolute Gasteiger partial charge is 0.368 e. The highest BCUT2D eigenvalue weighted by atomic mass is 16.2. The number of urea groups is 1. The van der Waals surface area contributed by atoms with Crippen LogP contribution in [0.4, 0.5) is 4.79 Å². The fourth-order valence-electron chi connectivity index (χ4n) is 4.32. The molecule has 2 heterocycles. The first-order chi connectivity index (χ1) is 13.2. The van der Waals surface area contributed by atoms with E-state index in [-0.39, 0.29) is 29.8 Å². The molecule has 0 spiro atoms. The van der Waals surface area contributed by atoms with Crippen LogP contribution in [0.2, 0.25) is 0 Å². The van der Waals surface area contributed by atoms with Gasteiger partial charge < -0.3 is 16.0 Å². The number of hydrogen-bond acceptors (Lipinski definition) is 4. The second-order valence-electron chi connectivity index (χ2n) is 8.71. The highest BCUT2D eigenvalue weighted by molar-refractivity contribution is 6.00. The number of carbonyl (C=O) groups excluding carboxylic acids is 3. The van der Waals surface area contributed by atoms with Gasteiger partial charge in [0.05, 0.1) is 23.0 Å². The number of Topliss-reactive ketones (excluding diaryl/α,β-unsaturated/α-hetero) is 1. The molecule has 1 aliphatic heterocycles. The van der Waals surface area contributed by atoms with Crippen LogP contribution in [0.15, 0.2) is 0 Å². The SMILES string of the molecule is CCCCNC(=O)N1CCC[C@H]1c1nn(CC(N)=O)c2c1C(=O)CC(C)(C)C2. The number of carbonyl (C=O) groups is 3. The van der Waals surface area contributed by atoms with E-state index in [2.05, 4.69) is 17.3 Å². The molecule has 1 fully saturated rings. The van der Waals surface area contributed by atoms with Crippen LogP contribution in [-0.4, -0.2) is 45.5 Å². The number of likely N-dealkylation sites (tertiary alicyclic amines) is 1. The highest BCUT2D eigenvalue weighted by Gasteiger charge is 2.41. The summed E-state index contributed by atoms with van der Waals surface area (Å²) in [5.74, 6) is -0.455. The standard InChI is InChI=1S/C20H31N5O3/c1-4-5-8-22-19(28)24-9-6-7-13(24)18-17-14(25(23-18)12-16(21)27)10-20(2,3)11-15(17)26/h13H,4-12H2,1-3H3,(H2,21,27)(H,22,28)/t13-/m0/s1. The Morgan fingerprint density at radius 2 is 2.07 bits per heavy atom. The van der Waals surface area contributed by atoms with Crippen LogP contribution >= 0.6 is 0 Å². The summed E-state index contributed by atoms with van der Waals surface area (Å²) in [6.45, 7) is 7.38. The molecule has 28 heavy (non-hydrogen) atoms. The maximum atomic E-state index is 13.0. The molecule has 2 aliphatic rings. The average Bonchev–Trinajstić information content (AvgIpc) is 3.19. The molecular weight excluding hydrogens is 358 g/mol. The second kappa shape index (κ2) is 7.93. The number of aromatic nitrogens is 2. The van der Waals surface area contributed by atoms with Crippen LogP contribution in [-0.2, 0) is 17.8 Å². The Hall–Kier alpha value is -2.38. The summed E-state index contributed by atoms with van der Waals surface area (Å²) in [5, 5.41) is 7.59. The molecule has 1 aromatic rings. The number of unbranched alkanes of at least 4 members (excludes halogenated alkanes) is 1. The van der Waals surface area contributed by atoms with Crippen molar-refractivity contribution in [2.75, 3.05) is 13.1 Å². The fourth-order valence-corrected chi connectivity index (χ4v) is 4.32. The topological polar surface area (TPSA) is 110 Å². The van der Waals surface area contributed by atoms with Gasteiger partial charge in [0.2, 0.25) is 5.91 Å². The van der Waals surface area contributed by atoms with Crippen molar-refractivity contribution in [1.29, 1.82) is 0 Å². The quantitative estimate of drug-likeness (QED) is 0.726. The molecule has 8 heteroatoms. The maximum Gasteiger partial charge on any atom is 0.317 e. The van der Waals surface area contributed by atoms with Crippen molar-refractivity contribution in [2.24, 2.45) is 11.1 Å². The van der Waals surface area contributed by atoms with Gasteiger partial charge in [0.15, 0.2) is 5.78 Å². The number of nitrogens with zero attached hydrogens (tertiary/aromatic N) is 3. The molecule has 1 aromatic heterocycles. The molecule has 8 nitrogen and oxygen atoms in total. The zero-order valence-corrected chi connectivity index (χ0v) is 17.1. The number of amides is 3. The lowest BCUT2D eigenvalue weighted by Gasteiger charge is -2.30. The predicted octanol–water partition coefficient (Wildman–Crippen LogP) is 2.17. The van der Waals surface area contributed by atoms with E-state index in [1.54, 1.807) is 9.58 Å². The Bertz CT molecular complexity index is 783. The molecule has 0 aromatic carbocycles. The predicted molar refractivity (Wildman–Crippen MR) is 105 cm³/mol. The van der Waals surface area contributed by atoms with Gasteiger partial charge in [-0.05, 0) is 31.1 Å². The smallest absolute Gasteiger partial charge is 0.317 e. The lowest BCUT2D eigenvalue weighted by Crippen LogP contribution is -2.40. The molecule has 0 saturated carbocycles. The number of ketones is 1. The number of rotatable bonds is 6. The van der Waals surface area contributed by atoms with Crippen LogP contribution in [0, 0.1) is 5.41 Å². The summed E-state index contributed by atoms with van der Waals surface area (Å²) >= 11 is 0. The van der Waals surface area contributed by atoms with Crippen molar-refractivity contribution < 1.29 is 14.4 Å². The minimum atomic E-state index is -0.492. The molecular formula is C20H31N5O3. The van der Waals surface area contributed by atoms with Crippen LogP contribution < -0.4 is 11.1 Å². The maximum absolute atomic E-state index is 13.0. The van der Waals surface area contributed by atoms with Crippen molar-refractivity contribution in [1.82, 2.24) is 20.0 Å². The molecule has 1 aliphatic carbocycles. The Morgan fingerprint density at radius 3 is 2.75 bits per heavy atom. The summed E-state index contributed by atoms with van der Waals surface area (Å²) in [6, 6.07) is -0.354. The first kappa shape index (κ1) is 20.4. The van der Waals surface area contributed by atoms with Gasteiger partial charge in [0, 0.05) is 19.5 Å². The van der Waals surface area contributed by atoms with E-state index >= 15 is 0 Å². The van der Waals surface area contributed by atoms with E-state index < -0.39 is 5.91 Å². The third-order valence-electron chi connectivity index (χ3n) is 5.59. The molecule has 1 saturated heterocycles. The van der Waals surface area contributed by atoms with Crippen molar-refractivity contribution >= 4 is 17.7 Å². The molecule has 3 N–H and O–H groups in total. The van der Waals surface area contributed by atoms with E-state index in [0.717, 1.165) is 31.4 Å². The van der Waals surface area contributed by atoms with Gasteiger partial charge in [0.25, 0.3) is 0 Å². The number of fused-ring (bicyclic) bond motifs is 1. The zero-order valence-electron chi connectivity index (χ0n) is 17.1. The number of nitrogens with two attached hydrogens (primary N) is 1. The van der Waals surface area contributed by atoms with Gasteiger partial charge >= 0.3 is 6.03 Å². The van der Waals surface area contributed by atoms with E-state index in [1.807, 2.05) is 13.8 Å². The van der Waals surface area contributed by atoms with Crippen LogP contribution in [0.5, 0.6) is 0 Å². The Labute approximate surface area is 165 Å². The molecule has 0 bridgehead atoms. The lowest BCUT2D eigenvalue weighted by atomic mass is 9.75. The van der Waals surface area contributed by atoms with Crippen molar-refractivity contribution in [3.8, 4) is 0 Å². The highest BCUT2D eigenvalue weighted by Crippen LogP contribution is 2.41. The second-order valence-corrected chi connectivity index (χ2v) is 8.71. The van der Waals surface area contributed by atoms with Crippen molar-refractivity contribution in [2.45, 2.75) is 71.9 Å². The molecule has 3 rings (SSSR count). The number of nitrogens with one attached hydrogen (secondary N) is 1. The summed E-state index contributed by atoms with van der Waals surface area (Å²) in [4.78, 5) is 39.0. The van der Waals surface area contributed by atoms with Crippen molar-refractivity contribution in [3.63, 3.8) is 0 Å². The summed E-state index contributed by atoms with van der Waals surface area (Å²) in [6.07, 6.45) is 4.66. The van der Waals surface area contributed by atoms with Gasteiger partial charge in [-0.25, -0.2) is 4.79 Å². The fraction of sp³-hybridized carbons (Fsp3) is 0.700. The monoisotopic (exact) mass is 389 g/mol. The zero-order chi connectivity index (χ0) is 20.5. The molecule has 0 unspecified atom stereocenters. The van der Waals surface area contributed by atoms with Gasteiger partial charge in [0.1, 0.15) is 6.54 Å². The van der Waals surface area contributed by atoms with Gasteiger partial charge in [-0.1, -0.05) is 27.2 Å². The summed E-state index contributed by atoms with van der Waals surface area (Å²) in [5.41, 5.74) is 7.21. The molecule has 3 amide bonds. The lowest BCUT2D eigenvalue weighted by molar-refractivity contribution is -0.118. The van der Waals surface area contributed by atoms with Gasteiger partial charge in [-0.3, -0.25) is 14.3 Å². The van der Waals surface area contributed by atoms with Crippen molar-refractivity contribution in [3.05, 3.63) is 17.0 Å². The van der Waals surface area contributed by atoms with E-state index in [4.69, 9.17) is 5.73 Å². The number of hydrogen-bond donors (Lipinski definition) is 2. The first-order valence-electron chi connectivity index (χ1n) is 10.2. The summed E-state index contributed by atoms with van der Waals surface area (Å²) in [7, 11) is 0. The van der Waals surface area contributed by atoms with Crippen LogP contribution in [0.25, 0.3) is 0 Å². The van der Waals surface area contributed by atoms with E-state index in [1.165, 1.54) is 0 Å². The molecule has 0 radical (unpaired) electrons. The van der Waals surface area contributed by atoms with Gasteiger partial charge in [-0.2, -0.15) is 5.10 Å². The Morgan fingerprint density at radius 1 is 1.32 bits per heavy atom. The van der Waals surface area contributed by atoms with E-state index in [9.17, 15) is 14.4 Å². The normalized spacial score (nSPS) is 20.9. The molecule has 1 atom stereocenters. The van der Waals surface area contributed by atoms with E-state index in [0.29, 0.717) is 37.2 Å². The van der Waals surface area contributed by atoms with Crippen LogP contribution in [0.3, 0.4) is 0 Å². The molecule has 154 valence electrons. The van der Waals surface area contributed by atoms with Crippen LogP contribution in [0.1, 0.15) is 80.7 Å². The summed E-state index contributed by atoms with van der Waals surface area (Å²) < 4.78 is 1.58. The first-order valence-corrected chi connectivity index (χ1v) is 10.2. The average molecular weight is 390 g/mol.